The Morgan fingerprint density at radius 2 is 2.24 bits per heavy atom. The zero-order valence-electron chi connectivity index (χ0n) is 15.2. The molecule has 1 aromatic rings. The van der Waals surface area contributed by atoms with Crippen molar-refractivity contribution >= 4 is 35.9 Å². The van der Waals surface area contributed by atoms with Crippen LogP contribution in [0.1, 0.15) is 33.6 Å². The summed E-state index contributed by atoms with van der Waals surface area (Å²) in [4.78, 5) is 20.8. The summed E-state index contributed by atoms with van der Waals surface area (Å²) in [6.45, 7) is 7.31. The van der Waals surface area contributed by atoms with E-state index in [1.54, 1.807) is 0 Å². The molecule has 1 saturated heterocycles. The number of pyridine rings is 1. The normalized spacial score (nSPS) is 23.1. The second-order valence-electron chi connectivity index (χ2n) is 7.59. The first-order chi connectivity index (χ1) is 11.7. The van der Waals surface area contributed by atoms with Crippen LogP contribution in [-0.4, -0.2) is 48.4 Å². The number of carbonyl (C=O) groups is 1. The van der Waals surface area contributed by atoms with E-state index < -0.39 is 5.60 Å². The van der Waals surface area contributed by atoms with Crippen LogP contribution in [0.3, 0.4) is 0 Å². The van der Waals surface area contributed by atoms with Gasteiger partial charge in [0.25, 0.3) is 0 Å². The highest BCUT2D eigenvalue weighted by Crippen LogP contribution is 2.40. The molecule has 3 rings (SSSR count). The van der Waals surface area contributed by atoms with Gasteiger partial charge in [-0.05, 0) is 39.7 Å². The van der Waals surface area contributed by atoms with Crippen LogP contribution in [-0.2, 0) is 4.74 Å². The van der Waals surface area contributed by atoms with Gasteiger partial charge in [0.05, 0.1) is 5.69 Å². The summed E-state index contributed by atoms with van der Waals surface area (Å²) in [6.07, 6.45) is 3.43. The molecule has 1 amide bonds. The monoisotopic (exact) mass is 365 g/mol. The van der Waals surface area contributed by atoms with Crippen molar-refractivity contribution in [2.24, 2.45) is 0 Å². The summed E-state index contributed by atoms with van der Waals surface area (Å²) in [5.74, 6) is 0.903. The molecule has 0 spiro atoms. The molecular weight excluding hydrogens is 338 g/mol. The maximum atomic E-state index is 12.1. The van der Waals surface area contributed by atoms with Crippen LogP contribution in [0.2, 0.25) is 0 Å². The van der Waals surface area contributed by atoms with Gasteiger partial charge in [-0.2, -0.15) is 0 Å². The zero-order valence-corrected chi connectivity index (χ0v) is 16.1. The Kier molecular flexibility index (Phi) is 4.90. The minimum Gasteiger partial charge on any atom is -0.444 e. The molecule has 1 aromatic heterocycles. The Morgan fingerprint density at radius 1 is 1.48 bits per heavy atom. The predicted octanol–water partition coefficient (Wildman–Crippen LogP) is 2.65. The minimum atomic E-state index is -0.486. The Labute approximate surface area is 154 Å². The number of aromatic nitrogens is 1. The molecular formula is C17H27N5O2S. The van der Waals surface area contributed by atoms with Crippen molar-refractivity contribution in [2.75, 3.05) is 35.3 Å². The number of carbonyl (C=O) groups excluding carboxylic acids is 1. The van der Waals surface area contributed by atoms with Crippen LogP contribution >= 0.6 is 12.6 Å². The molecule has 0 aliphatic carbocycles. The topological polar surface area (TPSA) is 69.7 Å². The molecule has 25 heavy (non-hydrogen) atoms. The molecule has 7 nitrogen and oxygen atoms in total. The van der Waals surface area contributed by atoms with E-state index in [0.29, 0.717) is 0 Å². The first-order valence-electron chi connectivity index (χ1n) is 8.65. The number of hydrogen-bond donors (Lipinski definition) is 3. The van der Waals surface area contributed by atoms with E-state index in [9.17, 15) is 4.79 Å². The highest BCUT2D eigenvalue weighted by atomic mass is 32.1. The van der Waals surface area contributed by atoms with E-state index in [-0.39, 0.29) is 17.6 Å². The van der Waals surface area contributed by atoms with E-state index in [2.05, 4.69) is 33.1 Å². The first-order valence-corrected chi connectivity index (χ1v) is 9.17. The maximum Gasteiger partial charge on any atom is 0.407 e. The van der Waals surface area contributed by atoms with Gasteiger partial charge < -0.3 is 25.2 Å². The Morgan fingerprint density at radius 3 is 2.96 bits per heavy atom. The average Bonchev–Trinajstić information content (AvgIpc) is 2.81. The molecule has 1 fully saturated rings. The lowest BCUT2D eigenvalue weighted by atomic mass is 10.0. The van der Waals surface area contributed by atoms with Crippen molar-refractivity contribution in [3.8, 4) is 0 Å². The van der Waals surface area contributed by atoms with Crippen LogP contribution < -0.4 is 20.4 Å². The molecule has 2 N–H and O–H groups in total. The van der Waals surface area contributed by atoms with Gasteiger partial charge in [-0.25, -0.2) is 9.78 Å². The third kappa shape index (κ3) is 4.05. The van der Waals surface area contributed by atoms with E-state index in [1.165, 1.54) is 0 Å². The fourth-order valence-corrected chi connectivity index (χ4v) is 3.48. The zero-order chi connectivity index (χ0) is 18.2. The summed E-state index contributed by atoms with van der Waals surface area (Å²) in [5, 5.41) is 6.37. The summed E-state index contributed by atoms with van der Waals surface area (Å²) < 4.78 is 5.38. The van der Waals surface area contributed by atoms with Crippen molar-refractivity contribution in [2.45, 2.75) is 50.8 Å². The lowest BCUT2D eigenvalue weighted by Gasteiger charge is -2.35. The number of amides is 1. The number of piperidine rings is 1. The van der Waals surface area contributed by atoms with Gasteiger partial charge in [0.15, 0.2) is 5.82 Å². The van der Waals surface area contributed by atoms with Gasteiger partial charge in [0.1, 0.15) is 16.8 Å². The second kappa shape index (κ2) is 6.82. The lowest BCUT2D eigenvalue weighted by Crippen LogP contribution is -2.49. The Bertz CT molecular complexity index is 648. The molecule has 8 heteroatoms. The fourth-order valence-electron chi connectivity index (χ4n) is 3.24. The maximum absolute atomic E-state index is 12.1. The van der Waals surface area contributed by atoms with Gasteiger partial charge in [-0.1, -0.05) is 0 Å². The van der Waals surface area contributed by atoms with Crippen molar-refractivity contribution in [1.82, 2.24) is 10.3 Å². The highest BCUT2D eigenvalue weighted by Gasteiger charge is 2.31. The third-order valence-corrected chi connectivity index (χ3v) is 4.84. The SMILES string of the molecule is CN1c2nccc(N3CCC[C@@H](NC(=O)OC(C)(C)C)C3)c2NC1S. The second-order valence-corrected chi connectivity index (χ2v) is 8.08. The molecule has 0 bridgehead atoms. The van der Waals surface area contributed by atoms with Crippen molar-refractivity contribution in [1.29, 1.82) is 0 Å². The Balaban J connectivity index is 1.70. The number of rotatable bonds is 2. The largest absolute Gasteiger partial charge is 0.444 e. The predicted molar refractivity (Wildman–Crippen MR) is 104 cm³/mol. The third-order valence-electron chi connectivity index (χ3n) is 4.37. The molecule has 0 aromatic carbocycles. The summed E-state index contributed by atoms with van der Waals surface area (Å²) in [6, 6.07) is 2.08. The number of anilines is 3. The molecule has 1 unspecified atom stereocenters. The number of fused-ring (bicyclic) bond motifs is 1. The molecule has 0 radical (unpaired) electrons. The molecule has 0 saturated carbocycles. The number of nitrogens with zero attached hydrogens (tertiary/aromatic N) is 3. The first kappa shape index (κ1) is 18.0. The summed E-state index contributed by atoms with van der Waals surface area (Å²) >= 11 is 4.53. The van der Waals surface area contributed by atoms with Gasteiger partial charge in [0, 0.05) is 32.4 Å². The molecule has 2 aliphatic heterocycles. The van der Waals surface area contributed by atoms with Crippen LogP contribution in [0.4, 0.5) is 22.0 Å². The molecule has 2 atom stereocenters. The number of thiol groups is 1. The number of alkyl carbamates (subject to hydrolysis) is 1. The highest BCUT2D eigenvalue weighted by molar-refractivity contribution is 7.81. The molecule has 2 aliphatic rings. The minimum absolute atomic E-state index is 0.0679. The number of hydrogen-bond acceptors (Lipinski definition) is 7. The average molecular weight is 366 g/mol. The fraction of sp³-hybridized carbons (Fsp3) is 0.647. The van der Waals surface area contributed by atoms with Crippen molar-refractivity contribution < 1.29 is 9.53 Å². The standard InChI is InChI=1S/C17H27N5O2S/c1-17(2,3)24-16(23)19-11-6-5-9-22(10-11)12-7-8-18-14-13(12)20-15(25)21(14)4/h7-8,11,15,20,25H,5-6,9-10H2,1-4H3,(H,19,23)/t11-,15?/m1/s1. The summed E-state index contributed by atoms with van der Waals surface area (Å²) in [5.41, 5.74) is 1.54. The van der Waals surface area contributed by atoms with Gasteiger partial charge in [0.2, 0.25) is 0 Å². The Hall–Kier alpha value is -1.83. The lowest BCUT2D eigenvalue weighted by molar-refractivity contribution is 0.0500. The van der Waals surface area contributed by atoms with E-state index >= 15 is 0 Å². The van der Waals surface area contributed by atoms with E-state index in [1.807, 2.05) is 45.0 Å². The van der Waals surface area contributed by atoms with Gasteiger partial charge in [-0.15, -0.1) is 12.6 Å². The van der Waals surface area contributed by atoms with Gasteiger partial charge in [-0.3, -0.25) is 0 Å². The van der Waals surface area contributed by atoms with E-state index in [4.69, 9.17) is 4.74 Å². The van der Waals surface area contributed by atoms with Crippen molar-refractivity contribution in [3.05, 3.63) is 12.3 Å². The van der Waals surface area contributed by atoms with Gasteiger partial charge >= 0.3 is 6.09 Å². The van der Waals surface area contributed by atoms with Crippen LogP contribution in [0.15, 0.2) is 12.3 Å². The van der Waals surface area contributed by atoms with E-state index in [0.717, 1.165) is 43.1 Å². The van der Waals surface area contributed by atoms with Crippen LogP contribution in [0, 0.1) is 0 Å². The molecule has 138 valence electrons. The smallest absolute Gasteiger partial charge is 0.407 e. The molecule has 3 heterocycles. The van der Waals surface area contributed by atoms with Crippen LogP contribution in [0.5, 0.6) is 0 Å². The van der Waals surface area contributed by atoms with Crippen molar-refractivity contribution in [3.63, 3.8) is 0 Å². The van der Waals surface area contributed by atoms with Crippen LogP contribution in [0.25, 0.3) is 0 Å². The number of nitrogens with one attached hydrogen (secondary N) is 2. The summed E-state index contributed by atoms with van der Waals surface area (Å²) in [7, 11) is 1.97. The number of ether oxygens (including phenoxy) is 1. The quantitative estimate of drug-likeness (QED) is 0.700.